The second-order valence-electron chi connectivity index (χ2n) is 3.49. The van der Waals surface area contributed by atoms with Gasteiger partial charge in [-0.05, 0) is 0 Å². The summed E-state index contributed by atoms with van der Waals surface area (Å²) in [5, 5.41) is 8.30. The summed E-state index contributed by atoms with van der Waals surface area (Å²) in [6.07, 6.45) is -25.4. The van der Waals surface area contributed by atoms with E-state index in [-0.39, 0.29) is 7.11 Å². The summed E-state index contributed by atoms with van der Waals surface area (Å²) in [6, 6.07) is 0. The molecule has 0 saturated heterocycles. The lowest BCUT2D eigenvalue weighted by atomic mass is 9.89. The summed E-state index contributed by atoms with van der Waals surface area (Å²) in [7, 11) is -0.181. The normalized spacial score (nSPS) is 17.2. The maximum absolute atomic E-state index is 13.1. The molecule has 2 nitrogen and oxygen atoms in total. The van der Waals surface area contributed by atoms with Gasteiger partial charge in [-0.1, -0.05) is 0 Å². The molecule has 1 unspecified atom stereocenters. The van der Waals surface area contributed by atoms with Crippen LogP contribution in [-0.4, -0.2) is 48.4 Å². The van der Waals surface area contributed by atoms with E-state index in [9.17, 15) is 48.3 Å². The van der Waals surface area contributed by atoms with Crippen molar-refractivity contribution in [1.29, 1.82) is 0 Å². The molecule has 1 atom stereocenters. The average Bonchev–Trinajstić information content (AvgIpc) is 2.10. The van der Waals surface area contributed by atoms with Gasteiger partial charge < -0.3 is 9.84 Å². The minimum atomic E-state index is -7.13. The van der Waals surface area contributed by atoms with Crippen LogP contribution in [0.5, 0.6) is 0 Å². The highest BCUT2D eigenvalue weighted by molar-refractivity contribution is 5.09. The Hall–Kier alpha value is -0.850. The second kappa shape index (κ2) is 4.86. The molecule has 0 aromatic heterocycles. The Balaban J connectivity index is 6.20. The molecule has 0 aromatic carbocycles. The molecule has 0 radical (unpaired) electrons. The fraction of sp³-hybridized carbons (Fsp3) is 1.00. The first kappa shape index (κ1) is 19.1. The van der Waals surface area contributed by atoms with Gasteiger partial charge in [0.05, 0.1) is 0 Å². The fourth-order valence-corrected chi connectivity index (χ4v) is 1.22. The Morgan fingerprint density at radius 3 is 1.20 bits per heavy atom. The van der Waals surface area contributed by atoms with Gasteiger partial charge in [0.1, 0.15) is 0 Å². The molecule has 0 fully saturated rings. The summed E-state index contributed by atoms with van der Waals surface area (Å²) in [4.78, 5) is 0. The topological polar surface area (TPSA) is 29.5 Å². The molecule has 20 heavy (non-hydrogen) atoms. The third-order valence-electron chi connectivity index (χ3n) is 2.17. The SMILES string of the molecule is COC(C(F)(F)F)C(F)(F)C(O)(C(F)(F)F)C(F)(F)F. The number of halogens is 11. The van der Waals surface area contributed by atoms with Crippen LogP contribution in [0.15, 0.2) is 0 Å². The third-order valence-corrected chi connectivity index (χ3v) is 2.17. The highest BCUT2D eigenvalue weighted by Gasteiger charge is 2.86. The fourth-order valence-electron chi connectivity index (χ4n) is 1.22. The Morgan fingerprint density at radius 1 is 0.750 bits per heavy atom. The minimum Gasteiger partial charge on any atom is -0.369 e. The van der Waals surface area contributed by atoms with Gasteiger partial charge in [-0.15, -0.1) is 0 Å². The number of hydrogen-bond acceptors (Lipinski definition) is 2. The van der Waals surface area contributed by atoms with E-state index in [1.54, 1.807) is 0 Å². The molecule has 0 rings (SSSR count). The standard InChI is InChI=1S/C7H5F11O2/c1-20-2(4(10,11)12)3(8,9)5(19,6(13,14)15)7(16,17)18/h2,19H,1H3. The highest BCUT2D eigenvalue weighted by Crippen LogP contribution is 2.55. The molecule has 0 aromatic rings. The van der Waals surface area contributed by atoms with Crippen molar-refractivity contribution in [3.05, 3.63) is 0 Å². The lowest BCUT2D eigenvalue weighted by Crippen LogP contribution is -2.73. The van der Waals surface area contributed by atoms with Crippen molar-refractivity contribution in [3.63, 3.8) is 0 Å². The summed E-state index contributed by atoms with van der Waals surface area (Å²) < 4.78 is 138. The maximum atomic E-state index is 13.1. The van der Waals surface area contributed by atoms with Gasteiger partial charge in [-0.2, -0.15) is 48.3 Å². The zero-order valence-electron chi connectivity index (χ0n) is 9.09. The first-order valence-electron chi connectivity index (χ1n) is 4.27. The second-order valence-corrected chi connectivity index (χ2v) is 3.49. The maximum Gasteiger partial charge on any atom is 0.432 e. The molecular formula is C7H5F11O2. The molecular weight excluding hydrogens is 325 g/mol. The number of aliphatic hydroxyl groups is 1. The average molecular weight is 330 g/mol. The van der Waals surface area contributed by atoms with Crippen LogP contribution in [0, 0.1) is 0 Å². The molecule has 1 N–H and O–H groups in total. The van der Waals surface area contributed by atoms with Crippen molar-refractivity contribution in [1.82, 2.24) is 0 Å². The van der Waals surface area contributed by atoms with Gasteiger partial charge >= 0.3 is 30.1 Å². The molecule has 0 aliphatic carbocycles. The zero-order chi connectivity index (χ0) is 16.8. The van der Waals surface area contributed by atoms with Crippen LogP contribution < -0.4 is 0 Å². The minimum absolute atomic E-state index is 0.181. The summed E-state index contributed by atoms with van der Waals surface area (Å²) in [5.41, 5.74) is -6.93. The van der Waals surface area contributed by atoms with Gasteiger partial charge in [0, 0.05) is 7.11 Å². The van der Waals surface area contributed by atoms with E-state index in [0.717, 1.165) is 0 Å². The van der Waals surface area contributed by atoms with Crippen molar-refractivity contribution in [3.8, 4) is 0 Å². The first-order valence-corrected chi connectivity index (χ1v) is 4.27. The number of ether oxygens (including phenoxy) is 1. The predicted octanol–water partition coefficient (Wildman–Crippen LogP) is 3.05. The van der Waals surface area contributed by atoms with Crippen molar-refractivity contribution in [2.45, 2.75) is 36.2 Å². The van der Waals surface area contributed by atoms with E-state index in [2.05, 4.69) is 4.74 Å². The number of methoxy groups -OCH3 is 1. The molecule has 0 heterocycles. The Labute approximate surface area is 103 Å². The zero-order valence-corrected chi connectivity index (χ0v) is 9.09. The Kier molecular flexibility index (Phi) is 4.65. The number of alkyl halides is 11. The van der Waals surface area contributed by atoms with Crippen molar-refractivity contribution in [2.24, 2.45) is 0 Å². The summed E-state index contributed by atoms with van der Waals surface area (Å²) >= 11 is 0. The number of rotatable bonds is 3. The van der Waals surface area contributed by atoms with Crippen LogP contribution in [0.4, 0.5) is 48.3 Å². The molecule has 13 heteroatoms. The first-order chi connectivity index (χ1) is 8.44. The van der Waals surface area contributed by atoms with Gasteiger partial charge in [-0.25, -0.2) is 0 Å². The Bertz CT molecular complexity index is 324. The molecule has 0 aliphatic heterocycles. The molecule has 0 aliphatic rings. The van der Waals surface area contributed by atoms with Gasteiger partial charge in [0.15, 0.2) is 0 Å². The van der Waals surface area contributed by atoms with E-state index >= 15 is 0 Å². The Morgan fingerprint density at radius 2 is 1.05 bits per heavy atom. The van der Waals surface area contributed by atoms with Crippen LogP contribution in [0.25, 0.3) is 0 Å². The molecule has 0 bridgehead atoms. The summed E-state index contributed by atoms with van der Waals surface area (Å²) in [5.74, 6) is -6.77. The van der Waals surface area contributed by atoms with E-state index < -0.39 is 36.2 Å². The molecule has 122 valence electrons. The highest BCUT2D eigenvalue weighted by atomic mass is 19.4. The third kappa shape index (κ3) is 2.77. The van der Waals surface area contributed by atoms with Crippen molar-refractivity contribution < 1.29 is 58.1 Å². The van der Waals surface area contributed by atoms with Crippen LogP contribution in [0.1, 0.15) is 0 Å². The smallest absolute Gasteiger partial charge is 0.369 e. The van der Waals surface area contributed by atoms with E-state index in [0.29, 0.717) is 0 Å². The largest absolute Gasteiger partial charge is 0.432 e. The van der Waals surface area contributed by atoms with E-state index in [4.69, 9.17) is 5.11 Å². The van der Waals surface area contributed by atoms with Crippen molar-refractivity contribution >= 4 is 0 Å². The molecule has 0 saturated carbocycles. The summed E-state index contributed by atoms with van der Waals surface area (Å²) in [6.45, 7) is 0. The van der Waals surface area contributed by atoms with Crippen LogP contribution in [-0.2, 0) is 4.74 Å². The van der Waals surface area contributed by atoms with Gasteiger partial charge in [0.2, 0.25) is 6.10 Å². The molecule has 0 spiro atoms. The molecule has 0 amide bonds. The quantitative estimate of drug-likeness (QED) is 0.806. The predicted molar refractivity (Wildman–Crippen MR) is 38.9 cm³/mol. The van der Waals surface area contributed by atoms with Gasteiger partial charge in [0.25, 0.3) is 0 Å². The van der Waals surface area contributed by atoms with Gasteiger partial charge in [-0.3, -0.25) is 0 Å². The lowest BCUT2D eigenvalue weighted by Gasteiger charge is -2.41. The van der Waals surface area contributed by atoms with Crippen LogP contribution in [0.2, 0.25) is 0 Å². The van der Waals surface area contributed by atoms with Crippen LogP contribution >= 0.6 is 0 Å². The van der Waals surface area contributed by atoms with Crippen LogP contribution in [0.3, 0.4) is 0 Å². The number of hydrogen-bond donors (Lipinski definition) is 1. The van der Waals surface area contributed by atoms with E-state index in [1.165, 1.54) is 0 Å². The van der Waals surface area contributed by atoms with E-state index in [1.807, 2.05) is 0 Å². The monoisotopic (exact) mass is 330 g/mol. The lowest BCUT2D eigenvalue weighted by molar-refractivity contribution is -0.446. The van der Waals surface area contributed by atoms with Crippen molar-refractivity contribution in [2.75, 3.05) is 7.11 Å².